The largest absolute Gasteiger partial charge is 0.487 e. The molecule has 0 amide bonds. The molecule has 6 nitrogen and oxygen atoms in total. The van der Waals surface area contributed by atoms with Crippen LogP contribution in [0.2, 0.25) is 0 Å². The first-order valence-corrected chi connectivity index (χ1v) is 8.60. The van der Waals surface area contributed by atoms with E-state index in [-0.39, 0.29) is 11.0 Å². The number of ether oxygens (including phenoxy) is 2. The van der Waals surface area contributed by atoms with Gasteiger partial charge in [-0.3, -0.25) is 0 Å². The van der Waals surface area contributed by atoms with Crippen LogP contribution in [0, 0.1) is 0 Å². The minimum absolute atomic E-state index is 0.204. The summed E-state index contributed by atoms with van der Waals surface area (Å²) in [7, 11) is 0. The monoisotopic (exact) mass is 346 g/mol. The molecule has 1 unspecified atom stereocenters. The van der Waals surface area contributed by atoms with Crippen LogP contribution in [-0.2, 0) is 22.4 Å². The van der Waals surface area contributed by atoms with Crippen molar-refractivity contribution in [2.24, 2.45) is 0 Å². The summed E-state index contributed by atoms with van der Waals surface area (Å²) in [6.07, 6.45) is 4.61. The van der Waals surface area contributed by atoms with Crippen molar-refractivity contribution in [3.05, 3.63) is 60.6 Å². The highest BCUT2D eigenvalue weighted by Gasteiger charge is 2.15. The van der Waals surface area contributed by atoms with Crippen LogP contribution in [-0.4, -0.2) is 30.9 Å². The molecule has 1 aromatic carbocycles. The predicted molar refractivity (Wildman–Crippen MR) is 90.4 cm³/mol. The van der Waals surface area contributed by atoms with Gasteiger partial charge in [-0.2, -0.15) is 0 Å². The van der Waals surface area contributed by atoms with E-state index >= 15 is 0 Å². The standard InChI is InChI=1S/C17H18N2O4S/c1-13(11-22-12-14-5-3-2-4-6-14)23-15-9-17-18-7-8-19(17)10-16(15)24(20)21/h2-10,13H,11-12H2,1H3,(H,20,21)/t13-/m0/s1. The molecule has 0 aliphatic rings. The predicted octanol–water partition coefficient (Wildman–Crippen LogP) is 2.90. The van der Waals surface area contributed by atoms with Crippen molar-refractivity contribution < 1.29 is 18.2 Å². The van der Waals surface area contributed by atoms with Crippen LogP contribution in [0.4, 0.5) is 0 Å². The smallest absolute Gasteiger partial charge is 0.191 e. The third kappa shape index (κ3) is 4.00. The second-order valence-corrected chi connectivity index (χ2v) is 6.31. The Hall–Kier alpha value is -2.22. The lowest BCUT2D eigenvalue weighted by Gasteiger charge is -2.17. The Balaban J connectivity index is 1.65. The number of nitrogens with zero attached hydrogens (tertiary/aromatic N) is 2. The summed E-state index contributed by atoms with van der Waals surface area (Å²) in [4.78, 5) is 4.36. The van der Waals surface area contributed by atoms with E-state index in [1.807, 2.05) is 37.3 Å². The van der Waals surface area contributed by atoms with Crippen LogP contribution >= 0.6 is 0 Å². The van der Waals surface area contributed by atoms with Crippen molar-refractivity contribution >= 4 is 16.7 Å². The Morgan fingerprint density at radius 3 is 2.88 bits per heavy atom. The zero-order valence-electron chi connectivity index (χ0n) is 13.2. The summed E-state index contributed by atoms with van der Waals surface area (Å²) in [5.74, 6) is 0.338. The Morgan fingerprint density at radius 1 is 1.33 bits per heavy atom. The quantitative estimate of drug-likeness (QED) is 0.666. The van der Waals surface area contributed by atoms with E-state index in [0.717, 1.165) is 5.56 Å². The van der Waals surface area contributed by atoms with Crippen molar-refractivity contribution in [1.82, 2.24) is 9.38 Å². The van der Waals surface area contributed by atoms with Gasteiger partial charge >= 0.3 is 0 Å². The average Bonchev–Trinajstić information content (AvgIpc) is 3.02. The van der Waals surface area contributed by atoms with Crippen molar-refractivity contribution in [2.75, 3.05) is 6.61 Å². The molecule has 0 radical (unpaired) electrons. The molecule has 0 aliphatic carbocycles. The summed E-state index contributed by atoms with van der Waals surface area (Å²) >= 11 is -2.15. The molecule has 0 aliphatic heterocycles. The molecule has 3 aromatic rings. The zero-order chi connectivity index (χ0) is 16.9. The molecule has 126 valence electrons. The van der Waals surface area contributed by atoms with Crippen LogP contribution in [0.5, 0.6) is 5.75 Å². The number of rotatable bonds is 7. The van der Waals surface area contributed by atoms with E-state index in [9.17, 15) is 8.76 Å². The van der Waals surface area contributed by atoms with Gasteiger partial charge in [-0.1, -0.05) is 30.3 Å². The van der Waals surface area contributed by atoms with Crippen LogP contribution < -0.4 is 4.74 Å². The fourth-order valence-corrected chi connectivity index (χ4v) is 2.80. The van der Waals surface area contributed by atoms with Gasteiger partial charge in [0.15, 0.2) is 11.1 Å². The normalized spacial score (nSPS) is 13.8. The first-order valence-electron chi connectivity index (χ1n) is 7.49. The molecule has 1 N–H and O–H groups in total. The van der Waals surface area contributed by atoms with E-state index in [2.05, 4.69) is 4.98 Å². The van der Waals surface area contributed by atoms with Gasteiger partial charge in [-0.05, 0) is 12.5 Å². The Labute approximate surface area is 142 Å². The molecule has 2 atom stereocenters. The molecule has 0 fully saturated rings. The minimum Gasteiger partial charge on any atom is -0.487 e. The molecule has 0 saturated heterocycles. The van der Waals surface area contributed by atoms with Crippen LogP contribution in [0.1, 0.15) is 12.5 Å². The fourth-order valence-electron chi connectivity index (χ4n) is 2.31. The first-order chi connectivity index (χ1) is 11.6. The van der Waals surface area contributed by atoms with Crippen LogP contribution in [0.25, 0.3) is 5.65 Å². The Kier molecular flexibility index (Phi) is 5.24. The third-order valence-corrected chi connectivity index (χ3v) is 4.12. The van der Waals surface area contributed by atoms with Gasteiger partial charge in [0.2, 0.25) is 0 Å². The molecular weight excluding hydrogens is 328 g/mol. The SMILES string of the molecule is C[C@@H](COCc1ccccc1)Oc1cc2nccn2cc1S(=O)O. The topological polar surface area (TPSA) is 73.1 Å². The van der Waals surface area contributed by atoms with E-state index in [0.29, 0.717) is 24.6 Å². The van der Waals surface area contributed by atoms with Gasteiger partial charge in [-0.25, -0.2) is 9.19 Å². The molecule has 2 heterocycles. The summed E-state index contributed by atoms with van der Waals surface area (Å²) in [6, 6.07) is 11.5. The lowest BCUT2D eigenvalue weighted by molar-refractivity contribution is 0.0480. The van der Waals surface area contributed by atoms with Gasteiger partial charge in [0.05, 0.1) is 13.2 Å². The molecule has 3 rings (SSSR count). The maximum absolute atomic E-state index is 11.5. The Morgan fingerprint density at radius 2 is 2.12 bits per heavy atom. The van der Waals surface area contributed by atoms with Gasteiger partial charge in [0.1, 0.15) is 22.4 Å². The average molecular weight is 346 g/mol. The van der Waals surface area contributed by atoms with Crippen molar-refractivity contribution in [2.45, 2.75) is 24.5 Å². The highest BCUT2D eigenvalue weighted by molar-refractivity contribution is 7.79. The number of fused-ring (bicyclic) bond motifs is 1. The maximum Gasteiger partial charge on any atom is 0.191 e. The third-order valence-electron chi connectivity index (χ3n) is 3.44. The van der Waals surface area contributed by atoms with E-state index in [4.69, 9.17) is 9.47 Å². The highest BCUT2D eigenvalue weighted by atomic mass is 32.2. The maximum atomic E-state index is 11.5. The number of imidazole rings is 1. The number of hydrogen-bond donors (Lipinski definition) is 1. The Bertz CT molecular complexity index is 835. The molecule has 7 heteroatoms. The first kappa shape index (κ1) is 16.6. The number of hydrogen-bond acceptors (Lipinski definition) is 4. The molecule has 0 bridgehead atoms. The minimum atomic E-state index is -2.15. The van der Waals surface area contributed by atoms with Crippen molar-refractivity contribution in [1.29, 1.82) is 0 Å². The lowest BCUT2D eigenvalue weighted by Crippen LogP contribution is -2.20. The summed E-state index contributed by atoms with van der Waals surface area (Å²) in [5.41, 5.74) is 1.73. The van der Waals surface area contributed by atoms with Gasteiger partial charge in [0, 0.05) is 24.7 Å². The molecular formula is C17H18N2O4S. The van der Waals surface area contributed by atoms with Crippen LogP contribution in [0.15, 0.2) is 59.9 Å². The number of pyridine rings is 1. The summed E-state index contributed by atoms with van der Waals surface area (Å²) in [6.45, 7) is 2.71. The van der Waals surface area contributed by atoms with Crippen LogP contribution in [0.3, 0.4) is 0 Å². The fraction of sp³-hybridized carbons (Fsp3) is 0.235. The van der Waals surface area contributed by atoms with Crippen molar-refractivity contribution in [3.8, 4) is 5.75 Å². The number of aromatic nitrogens is 2. The second kappa shape index (κ2) is 7.57. The highest BCUT2D eigenvalue weighted by Crippen LogP contribution is 2.24. The molecule has 0 spiro atoms. The van der Waals surface area contributed by atoms with Gasteiger partial charge in [-0.15, -0.1) is 0 Å². The van der Waals surface area contributed by atoms with E-state index < -0.39 is 11.1 Å². The van der Waals surface area contributed by atoms with E-state index in [1.54, 1.807) is 29.1 Å². The van der Waals surface area contributed by atoms with Gasteiger partial charge in [0.25, 0.3) is 0 Å². The summed E-state index contributed by atoms with van der Waals surface area (Å²) < 4.78 is 34.1. The summed E-state index contributed by atoms with van der Waals surface area (Å²) in [5, 5.41) is 0. The van der Waals surface area contributed by atoms with Gasteiger partial charge < -0.3 is 18.4 Å². The molecule has 2 aromatic heterocycles. The lowest BCUT2D eigenvalue weighted by atomic mass is 10.2. The van der Waals surface area contributed by atoms with E-state index in [1.165, 1.54) is 0 Å². The zero-order valence-corrected chi connectivity index (χ0v) is 14.0. The van der Waals surface area contributed by atoms with Crippen molar-refractivity contribution in [3.63, 3.8) is 0 Å². The molecule has 0 saturated carbocycles. The molecule has 24 heavy (non-hydrogen) atoms. The second-order valence-electron chi connectivity index (χ2n) is 5.37. The number of benzene rings is 1.